The molecule has 0 atom stereocenters. The number of fused-ring (bicyclic) bond motifs is 1. The van der Waals surface area contributed by atoms with E-state index in [0.29, 0.717) is 32.0 Å². The summed E-state index contributed by atoms with van der Waals surface area (Å²) in [6, 6.07) is 7.17. The van der Waals surface area contributed by atoms with Gasteiger partial charge in [-0.25, -0.2) is 17.2 Å². The molecule has 0 aromatic heterocycles. The monoisotopic (exact) mass is 380 g/mol. The molecule has 1 N–H and O–H groups in total. The van der Waals surface area contributed by atoms with Crippen LogP contribution in [0.5, 0.6) is 0 Å². The van der Waals surface area contributed by atoms with Gasteiger partial charge >= 0.3 is 0 Å². The van der Waals surface area contributed by atoms with Crippen LogP contribution in [0.15, 0.2) is 41.3 Å². The minimum absolute atomic E-state index is 0.0388. The first-order valence-corrected chi connectivity index (χ1v) is 9.65. The second-order valence-corrected chi connectivity index (χ2v) is 7.80. The van der Waals surface area contributed by atoms with E-state index in [1.807, 2.05) is 0 Å². The topological polar surface area (TPSA) is 66.5 Å². The predicted octanol–water partition coefficient (Wildman–Crippen LogP) is 3.06. The minimum Gasteiger partial charge on any atom is -0.338 e. The third kappa shape index (κ3) is 3.85. The first-order valence-electron chi connectivity index (χ1n) is 8.17. The highest BCUT2D eigenvalue weighted by atomic mass is 32.2. The zero-order chi connectivity index (χ0) is 18.9. The number of anilines is 1. The van der Waals surface area contributed by atoms with Gasteiger partial charge in [0.2, 0.25) is 5.91 Å². The van der Waals surface area contributed by atoms with E-state index in [4.69, 9.17) is 0 Å². The van der Waals surface area contributed by atoms with Gasteiger partial charge in [-0.05, 0) is 41.8 Å². The van der Waals surface area contributed by atoms with Crippen LogP contribution in [0.3, 0.4) is 0 Å². The fraction of sp³-hybridized carbons (Fsp3) is 0.278. The van der Waals surface area contributed by atoms with E-state index < -0.39 is 26.6 Å². The van der Waals surface area contributed by atoms with E-state index in [2.05, 4.69) is 4.72 Å². The maximum absolute atomic E-state index is 13.3. The van der Waals surface area contributed by atoms with Crippen molar-refractivity contribution in [3.8, 4) is 0 Å². The molecule has 0 saturated carbocycles. The molecule has 1 amide bonds. The lowest BCUT2D eigenvalue weighted by molar-refractivity contribution is -0.131. The number of hydrogen-bond acceptors (Lipinski definition) is 3. The lowest BCUT2D eigenvalue weighted by Crippen LogP contribution is -2.35. The van der Waals surface area contributed by atoms with Crippen molar-refractivity contribution in [2.45, 2.75) is 31.2 Å². The molecule has 0 unspecified atom stereocenters. The van der Waals surface area contributed by atoms with Crippen LogP contribution in [-0.2, 0) is 27.8 Å². The molecule has 1 aliphatic rings. The number of carbonyl (C=O) groups is 1. The highest BCUT2D eigenvalue weighted by molar-refractivity contribution is 7.92. The Kier molecular flexibility index (Phi) is 4.95. The van der Waals surface area contributed by atoms with Crippen molar-refractivity contribution in [2.75, 3.05) is 11.3 Å². The molecular formula is C18H18F2N2O3S. The number of rotatable bonds is 4. The molecule has 3 rings (SSSR count). The van der Waals surface area contributed by atoms with E-state index >= 15 is 0 Å². The molecule has 138 valence electrons. The Morgan fingerprint density at radius 1 is 1.12 bits per heavy atom. The number of nitrogens with one attached hydrogen (secondary N) is 1. The molecular weight excluding hydrogens is 362 g/mol. The first kappa shape index (κ1) is 18.3. The Morgan fingerprint density at radius 3 is 2.46 bits per heavy atom. The molecule has 2 aromatic rings. The number of hydrogen-bond donors (Lipinski definition) is 1. The molecule has 5 nitrogen and oxygen atoms in total. The van der Waals surface area contributed by atoms with E-state index in [1.54, 1.807) is 30.0 Å². The number of sulfonamides is 1. The highest BCUT2D eigenvalue weighted by Crippen LogP contribution is 2.25. The predicted molar refractivity (Wildman–Crippen MR) is 93.0 cm³/mol. The Labute approximate surface area is 150 Å². The quantitative estimate of drug-likeness (QED) is 0.887. The minimum atomic E-state index is -4.13. The van der Waals surface area contributed by atoms with Crippen LogP contribution in [-0.4, -0.2) is 25.8 Å². The maximum atomic E-state index is 13.3. The number of halogens is 2. The van der Waals surface area contributed by atoms with Crippen LogP contribution in [0.2, 0.25) is 0 Å². The van der Waals surface area contributed by atoms with Crippen molar-refractivity contribution in [2.24, 2.45) is 0 Å². The van der Waals surface area contributed by atoms with Gasteiger partial charge in [-0.2, -0.15) is 0 Å². The van der Waals surface area contributed by atoms with Gasteiger partial charge in [0.1, 0.15) is 11.6 Å². The third-order valence-corrected chi connectivity index (χ3v) is 5.63. The Balaban J connectivity index is 1.86. The molecule has 1 heterocycles. The van der Waals surface area contributed by atoms with E-state index in [0.717, 1.165) is 23.3 Å². The number of benzene rings is 2. The smallest absolute Gasteiger partial charge is 0.262 e. The van der Waals surface area contributed by atoms with Gasteiger partial charge < -0.3 is 4.90 Å². The molecule has 26 heavy (non-hydrogen) atoms. The summed E-state index contributed by atoms with van der Waals surface area (Å²) in [5.74, 6) is -1.90. The summed E-state index contributed by atoms with van der Waals surface area (Å²) in [6.07, 6.45) is 1.11. The van der Waals surface area contributed by atoms with Gasteiger partial charge in [-0.1, -0.05) is 13.0 Å². The number of nitrogens with zero attached hydrogens (tertiary/aromatic N) is 1. The first-order chi connectivity index (χ1) is 12.3. The molecule has 0 aliphatic carbocycles. The molecule has 0 fully saturated rings. The van der Waals surface area contributed by atoms with Crippen LogP contribution in [0.4, 0.5) is 14.5 Å². The van der Waals surface area contributed by atoms with Crippen LogP contribution in [0.1, 0.15) is 24.5 Å². The van der Waals surface area contributed by atoms with Crippen molar-refractivity contribution in [1.82, 2.24) is 4.90 Å². The van der Waals surface area contributed by atoms with Gasteiger partial charge in [-0.3, -0.25) is 9.52 Å². The van der Waals surface area contributed by atoms with Crippen molar-refractivity contribution in [1.29, 1.82) is 0 Å². The second kappa shape index (κ2) is 7.03. The summed E-state index contributed by atoms with van der Waals surface area (Å²) >= 11 is 0. The lowest BCUT2D eigenvalue weighted by atomic mass is 9.99. The lowest BCUT2D eigenvalue weighted by Gasteiger charge is -2.29. The van der Waals surface area contributed by atoms with Crippen LogP contribution >= 0.6 is 0 Å². The van der Waals surface area contributed by atoms with E-state index in [-0.39, 0.29) is 11.6 Å². The fourth-order valence-electron chi connectivity index (χ4n) is 2.95. The Bertz CT molecular complexity index is 941. The molecule has 8 heteroatoms. The zero-order valence-electron chi connectivity index (χ0n) is 14.1. The van der Waals surface area contributed by atoms with Crippen LogP contribution in [0, 0.1) is 11.6 Å². The fourth-order valence-corrected chi connectivity index (χ4v) is 4.05. The third-order valence-electron chi connectivity index (χ3n) is 4.27. The summed E-state index contributed by atoms with van der Waals surface area (Å²) in [6.45, 7) is 2.83. The maximum Gasteiger partial charge on any atom is 0.262 e. The molecule has 0 spiro atoms. The molecule has 0 radical (unpaired) electrons. The van der Waals surface area contributed by atoms with Gasteiger partial charge in [0.05, 0.1) is 4.90 Å². The van der Waals surface area contributed by atoms with Crippen LogP contribution < -0.4 is 4.72 Å². The van der Waals surface area contributed by atoms with Gasteiger partial charge in [-0.15, -0.1) is 0 Å². The summed E-state index contributed by atoms with van der Waals surface area (Å²) in [4.78, 5) is 13.1. The summed E-state index contributed by atoms with van der Waals surface area (Å²) in [5.41, 5.74) is 2.17. The van der Waals surface area contributed by atoms with E-state index in [9.17, 15) is 22.0 Å². The summed E-state index contributed by atoms with van der Waals surface area (Å²) in [5, 5.41) is 0. The molecule has 1 aliphatic heterocycles. The Hall–Kier alpha value is -2.48. The van der Waals surface area contributed by atoms with Gasteiger partial charge in [0, 0.05) is 31.3 Å². The zero-order valence-corrected chi connectivity index (χ0v) is 14.9. The van der Waals surface area contributed by atoms with Crippen molar-refractivity contribution in [3.63, 3.8) is 0 Å². The van der Waals surface area contributed by atoms with Crippen LogP contribution in [0.25, 0.3) is 0 Å². The number of carbonyl (C=O) groups excluding carboxylic acids is 1. The second-order valence-electron chi connectivity index (χ2n) is 6.11. The number of amides is 1. The van der Waals surface area contributed by atoms with Crippen molar-refractivity contribution >= 4 is 21.6 Å². The van der Waals surface area contributed by atoms with Crippen molar-refractivity contribution in [3.05, 3.63) is 59.2 Å². The summed E-state index contributed by atoms with van der Waals surface area (Å²) in [7, 11) is -4.13. The van der Waals surface area contributed by atoms with Gasteiger partial charge in [0.15, 0.2) is 0 Å². The largest absolute Gasteiger partial charge is 0.338 e. The van der Waals surface area contributed by atoms with E-state index in [1.165, 1.54) is 0 Å². The van der Waals surface area contributed by atoms with Gasteiger partial charge in [0.25, 0.3) is 10.0 Å². The molecule has 0 saturated heterocycles. The highest BCUT2D eigenvalue weighted by Gasteiger charge is 2.21. The van der Waals surface area contributed by atoms with Crippen molar-refractivity contribution < 1.29 is 22.0 Å². The standard InChI is InChI=1S/C18H18F2N2O3S/c1-2-18(23)22-6-5-12-3-4-16(7-13(12)11-22)21-26(24,25)17-9-14(19)8-15(20)10-17/h3-4,7-10,21H,2,5-6,11H2,1H3. The summed E-state index contributed by atoms with van der Waals surface area (Å²) < 4.78 is 53.7. The molecule has 2 aromatic carbocycles. The SMILES string of the molecule is CCC(=O)N1CCc2ccc(NS(=O)(=O)c3cc(F)cc(F)c3)cc2C1. The average molecular weight is 380 g/mol. The molecule has 0 bridgehead atoms. The Morgan fingerprint density at radius 2 is 1.81 bits per heavy atom. The average Bonchev–Trinajstić information content (AvgIpc) is 2.59. The normalized spacial score (nSPS) is 14.0.